The fourth-order valence-corrected chi connectivity index (χ4v) is 5.86. The summed E-state index contributed by atoms with van der Waals surface area (Å²) in [5.41, 5.74) is 11.8. The Morgan fingerprint density at radius 2 is 1.38 bits per heavy atom. The number of amides is 1. The first-order chi connectivity index (χ1) is 18.6. The molecule has 15 heteroatoms. The Bertz CT molecular complexity index is 1670. The molecular weight excluding hydrogens is 566 g/mol. The maximum Gasteiger partial charge on any atom is 0.303 e. The van der Waals surface area contributed by atoms with Gasteiger partial charge in [0, 0.05) is 54.8 Å². The van der Waals surface area contributed by atoms with Crippen molar-refractivity contribution in [2.75, 3.05) is 25.1 Å². The Labute approximate surface area is 229 Å². The predicted molar refractivity (Wildman–Crippen MR) is 143 cm³/mol. The Balaban J connectivity index is 1.97. The van der Waals surface area contributed by atoms with Crippen LogP contribution in [-0.4, -0.2) is 61.4 Å². The zero-order valence-corrected chi connectivity index (χ0v) is 22.6. The number of aliphatic carboxylic acids is 1. The van der Waals surface area contributed by atoms with Gasteiger partial charge >= 0.3 is 5.97 Å². The first kappa shape index (κ1) is 28.8. The van der Waals surface area contributed by atoms with Gasteiger partial charge in [-0.3, -0.25) is 18.7 Å². The van der Waals surface area contributed by atoms with Crippen LogP contribution in [0.1, 0.15) is 45.8 Å². The largest absolute Gasteiger partial charge is 0.481 e. The molecule has 7 N–H and O–H groups in total. The highest BCUT2D eigenvalue weighted by molar-refractivity contribution is 7.86. The van der Waals surface area contributed by atoms with Gasteiger partial charge in [-0.25, -0.2) is 0 Å². The molecule has 0 saturated carbocycles. The lowest BCUT2D eigenvalue weighted by molar-refractivity contribution is -0.137. The van der Waals surface area contributed by atoms with Crippen molar-refractivity contribution < 1.29 is 45.4 Å². The molecule has 1 aliphatic rings. The maximum absolute atomic E-state index is 13.5. The van der Waals surface area contributed by atoms with Gasteiger partial charge in [-0.15, -0.1) is 0 Å². The first-order valence-electron chi connectivity index (χ1n) is 11.7. The van der Waals surface area contributed by atoms with E-state index in [4.69, 9.17) is 21.3 Å². The fraction of sp³-hybridized carbons (Fsp3) is 0.200. The Morgan fingerprint density at radius 1 is 0.875 bits per heavy atom. The molecule has 40 heavy (non-hydrogen) atoms. The normalized spacial score (nSPS) is 13.2. The van der Waals surface area contributed by atoms with Crippen LogP contribution in [0.25, 0.3) is 0 Å². The van der Waals surface area contributed by atoms with E-state index in [2.05, 4.69) is 0 Å². The number of carbonyl (C=O) groups excluding carboxylic acids is 1. The van der Waals surface area contributed by atoms with Gasteiger partial charge in [0.2, 0.25) is 0 Å². The summed E-state index contributed by atoms with van der Waals surface area (Å²) in [4.78, 5) is 24.5. The number of rotatable bonds is 8. The van der Waals surface area contributed by atoms with Gasteiger partial charge in [0.1, 0.15) is 21.3 Å². The summed E-state index contributed by atoms with van der Waals surface area (Å²) in [7, 11) is -8.12. The van der Waals surface area contributed by atoms with E-state index in [-0.39, 0.29) is 59.0 Å². The third-order valence-electron chi connectivity index (χ3n) is 6.42. The van der Waals surface area contributed by atoms with E-state index in [9.17, 15) is 35.5 Å². The van der Waals surface area contributed by atoms with E-state index >= 15 is 0 Å². The standard InChI is InChI=1S/C25H25N3O10S2/c1-28(8-4-7-23(29)30)25(31)14-6-3-2-5-13(14)24-15-9-21(39(32,33)34)17(26)11-19(15)38-20-12-18(27)22(10-16(20)24)40(35,36)37/h2-3,5-6,9-12,24H,4,7-8,26-27H2,1H3,(H,29,30)(H,32,33,34)(H,35,36,37). The second-order valence-electron chi connectivity index (χ2n) is 9.15. The highest BCUT2D eigenvalue weighted by atomic mass is 32.2. The molecule has 212 valence electrons. The van der Waals surface area contributed by atoms with Gasteiger partial charge in [0.05, 0.1) is 11.4 Å². The molecule has 0 radical (unpaired) electrons. The van der Waals surface area contributed by atoms with Gasteiger partial charge in [-0.2, -0.15) is 16.8 Å². The summed E-state index contributed by atoms with van der Waals surface area (Å²) >= 11 is 0. The Morgan fingerprint density at radius 3 is 1.85 bits per heavy atom. The van der Waals surface area contributed by atoms with Crippen LogP contribution in [0.5, 0.6) is 11.5 Å². The molecule has 0 fully saturated rings. The number of ether oxygens (including phenoxy) is 1. The molecular formula is C25H25N3O10S2. The molecule has 0 aromatic heterocycles. The van der Waals surface area contributed by atoms with Crippen molar-refractivity contribution in [2.45, 2.75) is 28.6 Å². The van der Waals surface area contributed by atoms with Crippen molar-refractivity contribution >= 4 is 43.5 Å². The molecule has 3 aromatic rings. The molecule has 0 bridgehead atoms. The van der Waals surface area contributed by atoms with Crippen LogP contribution in [0.2, 0.25) is 0 Å². The predicted octanol–water partition coefficient (Wildman–Crippen LogP) is 2.57. The summed E-state index contributed by atoms with van der Waals surface area (Å²) in [6.45, 7) is 0.118. The van der Waals surface area contributed by atoms with Crippen LogP contribution in [0.3, 0.4) is 0 Å². The minimum atomic E-state index is -4.80. The second kappa shape index (κ2) is 10.4. The minimum Gasteiger partial charge on any atom is -0.481 e. The van der Waals surface area contributed by atoms with E-state index < -0.39 is 47.8 Å². The monoisotopic (exact) mass is 591 g/mol. The van der Waals surface area contributed by atoms with Crippen molar-refractivity contribution in [2.24, 2.45) is 0 Å². The van der Waals surface area contributed by atoms with Crippen LogP contribution in [-0.2, 0) is 25.0 Å². The van der Waals surface area contributed by atoms with E-state index in [1.807, 2.05) is 0 Å². The first-order valence-corrected chi connectivity index (χ1v) is 14.5. The summed E-state index contributed by atoms with van der Waals surface area (Å²) in [6, 6.07) is 10.7. The average Bonchev–Trinajstić information content (AvgIpc) is 2.84. The lowest BCUT2D eigenvalue weighted by Crippen LogP contribution is -2.29. The lowest BCUT2D eigenvalue weighted by Gasteiger charge is -2.31. The summed E-state index contributed by atoms with van der Waals surface area (Å²) in [6.07, 6.45) is 0.0380. The van der Waals surface area contributed by atoms with Crippen LogP contribution in [0, 0.1) is 0 Å². The number of carboxylic acids is 1. The van der Waals surface area contributed by atoms with Crippen molar-refractivity contribution in [1.82, 2.24) is 4.90 Å². The number of carbonyl (C=O) groups is 2. The Kier molecular flexibility index (Phi) is 7.51. The maximum atomic E-state index is 13.5. The molecule has 0 saturated heterocycles. The number of nitrogen functional groups attached to an aromatic ring is 2. The van der Waals surface area contributed by atoms with Gasteiger partial charge in [0.25, 0.3) is 26.1 Å². The average molecular weight is 592 g/mol. The SMILES string of the molecule is CN(CCCC(=O)O)C(=O)c1ccccc1C1c2cc(S(=O)(=O)O)c(N)cc2Oc2cc(N)c(S(=O)(=O)O)cc21. The quantitative estimate of drug-likeness (QED) is 0.147. The van der Waals surface area contributed by atoms with Crippen molar-refractivity contribution in [3.8, 4) is 11.5 Å². The number of hydrogen-bond donors (Lipinski definition) is 5. The topological polar surface area (TPSA) is 228 Å². The highest BCUT2D eigenvalue weighted by Gasteiger charge is 2.35. The summed E-state index contributed by atoms with van der Waals surface area (Å²) in [5, 5.41) is 8.93. The molecule has 1 aliphatic heterocycles. The molecule has 0 aliphatic carbocycles. The molecule has 1 heterocycles. The molecule has 3 aromatic carbocycles. The van der Waals surface area contributed by atoms with Gasteiger partial charge in [-0.1, -0.05) is 18.2 Å². The summed E-state index contributed by atoms with van der Waals surface area (Å²) < 4.78 is 73.7. The molecule has 0 spiro atoms. The number of benzene rings is 3. The fourth-order valence-electron chi connectivity index (χ4n) is 4.60. The van der Waals surface area contributed by atoms with Crippen molar-refractivity contribution in [3.05, 3.63) is 70.8 Å². The smallest absolute Gasteiger partial charge is 0.303 e. The van der Waals surface area contributed by atoms with Crippen LogP contribution in [0.15, 0.2) is 58.3 Å². The second-order valence-corrected chi connectivity index (χ2v) is 11.9. The Hall–Kier alpha value is -4.18. The number of carboxylic acid groups (broad SMARTS) is 1. The van der Waals surface area contributed by atoms with Crippen molar-refractivity contribution in [3.63, 3.8) is 0 Å². The molecule has 13 nitrogen and oxygen atoms in total. The number of hydrogen-bond acceptors (Lipinski definition) is 9. The third kappa shape index (κ3) is 5.58. The van der Waals surface area contributed by atoms with Gasteiger partial charge < -0.3 is 26.2 Å². The van der Waals surface area contributed by atoms with E-state index in [1.54, 1.807) is 18.2 Å². The number of fused-ring (bicyclic) bond motifs is 2. The zero-order chi connectivity index (χ0) is 29.6. The van der Waals surface area contributed by atoms with Gasteiger partial charge in [-0.05, 0) is 30.2 Å². The van der Waals surface area contributed by atoms with E-state index in [1.165, 1.54) is 30.1 Å². The lowest BCUT2D eigenvalue weighted by atomic mass is 9.80. The molecule has 1 amide bonds. The van der Waals surface area contributed by atoms with E-state index in [0.29, 0.717) is 5.56 Å². The number of anilines is 2. The van der Waals surface area contributed by atoms with E-state index in [0.717, 1.165) is 12.1 Å². The number of nitrogens with zero attached hydrogens (tertiary/aromatic N) is 1. The highest BCUT2D eigenvalue weighted by Crippen LogP contribution is 2.51. The zero-order valence-electron chi connectivity index (χ0n) is 20.9. The summed E-state index contributed by atoms with van der Waals surface area (Å²) in [5.74, 6) is -2.46. The molecule has 0 atom stereocenters. The van der Waals surface area contributed by atoms with Crippen LogP contribution >= 0.6 is 0 Å². The van der Waals surface area contributed by atoms with Crippen LogP contribution < -0.4 is 16.2 Å². The minimum absolute atomic E-state index is 0.0541. The molecule has 0 unspecified atom stereocenters. The van der Waals surface area contributed by atoms with Crippen LogP contribution in [0.4, 0.5) is 11.4 Å². The number of nitrogens with two attached hydrogens (primary N) is 2. The third-order valence-corrected chi connectivity index (χ3v) is 8.23. The molecule has 4 rings (SSSR count). The van der Waals surface area contributed by atoms with Gasteiger partial charge in [0.15, 0.2) is 0 Å². The van der Waals surface area contributed by atoms with Crippen molar-refractivity contribution in [1.29, 1.82) is 0 Å².